The second kappa shape index (κ2) is 6.63. The predicted molar refractivity (Wildman–Crippen MR) is 78.1 cm³/mol. The smallest absolute Gasteiger partial charge is 0.371 e. The molecular weight excluding hydrogens is 341 g/mol. The van der Waals surface area contributed by atoms with Crippen molar-refractivity contribution in [1.29, 1.82) is 0 Å². The Balaban J connectivity index is 1.80. The molecule has 0 unspecified atom stereocenters. The van der Waals surface area contributed by atoms with Gasteiger partial charge in [-0.1, -0.05) is 22.4 Å². The van der Waals surface area contributed by atoms with Gasteiger partial charge in [-0.3, -0.25) is 0 Å². The summed E-state index contributed by atoms with van der Waals surface area (Å²) in [7, 11) is 0. The summed E-state index contributed by atoms with van der Waals surface area (Å²) in [5.41, 5.74) is 0.969. The fourth-order valence-electron chi connectivity index (χ4n) is 2.06. The lowest BCUT2D eigenvalue weighted by Crippen LogP contribution is -2.04. The van der Waals surface area contributed by atoms with E-state index in [2.05, 4.69) is 24.8 Å². The maximum Gasteiger partial charge on any atom is 0.471 e. The van der Waals surface area contributed by atoms with Crippen molar-refractivity contribution in [3.05, 3.63) is 36.0 Å². The van der Waals surface area contributed by atoms with Gasteiger partial charge in [-0.25, -0.2) is 0 Å². The first-order valence-corrected chi connectivity index (χ1v) is 7.35. The van der Waals surface area contributed by atoms with Crippen LogP contribution in [0.15, 0.2) is 33.3 Å². The van der Waals surface area contributed by atoms with E-state index in [1.807, 2.05) is 6.92 Å². The first kappa shape index (κ1) is 17.1. The Labute approximate surface area is 139 Å². The van der Waals surface area contributed by atoms with E-state index in [9.17, 15) is 13.2 Å². The van der Waals surface area contributed by atoms with Crippen molar-refractivity contribution >= 4 is 0 Å². The average molecular weight is 354 g/mol. The molecule has 0 aliphatic rings. The highest BCUT2D eigenvalue weighted by atomic mass is 19.4. The van der Waals surface area contributed by atoms with Crippen molar-refractivity contribution < 1.29 is 27.0 Å². The maximum absolute atomic E-state index is 12.5. The van der Waals surface area contributed by atoms with Crippen molar-refractivity contribution in [2.45, 2.75) is 26.1 Å². The van der Waals surface area contributed by atoms with Gasteiger partial charge in [0, 0.05) is 17.7 Å². The van der Waals surface area contributed by atoms with Crippen molar-refractivity contribution in [3.8, 4) is 22.8 Å². The Kier molecular flexibility index (Phi) is 4.53. The first-order valence-electron chi connectivity index (χ1n) is 7.35. The standard InChI is InChI=1S/C15H13F3N4O3/c1-3-23-8(2)11-19-13(24-21-11)10-6-4-9(5-7-10)12-20-14(25-22-12)15(16,17)18/h4-8H,3H2,1-2H3/t8-/m0/s1. The number of rotatable bonds is 5. The van der Waals surface area contributed by atoms with Gasteiger partial charge in [-0.2, -0.15) is 23.1 Å². The Bertz CT molecular complexity index is 842. The zero-order valence-corrected chi connectivity index (χ0v) is 13.2. The molecule has 0 amide bonds. The summed E-state index contributed by atoms with van der Waals surface area (Å²) in [6.07, 6.45) is -4.98. The van der Waals surface area contributed by atoms with Crippen molar-refractivity contribution in [2.24, 2.45) is 0 Å². The van der Waals surface area contributed by atoms with Crippen molar-refractivity contribution in [1.82, 2.24) is 20.3 Å². The van der Waals surface area contributed by atoms with Crippen molar-refractivity contribution in [2.75, 3.05) is 6.61 Å². The van der Waals surface area contributed by atoms with Crippen LogP contribution in [0.5, 0.6) is 0 Å². The fraction of sp³-hybridized carbons (Fsp3) is 0.333. The molecule has 3 aromatic rings. The van der Waals surface area contributed by atoms with E-state index in [0.29, 0.717) is 23.6 Å². The number of aromatic nitrogens is 4. The molecule has 0 fully saturated rings. The topological polar surface area (TPSA) is 87.1 Å². The van der Waals surface area contributed by atoms with Crippen LogP contribution >= 0.6 is 0 Å². The Morgan fingerprint density at radius 2 is 1.72 bits per heavy atom. The van der Waals surface area contributed by atoms with Gasteiger partial charge in [-0.15, -0.1) is 0 Å². The molecule has 0 bridgehead atoms. The third kappa shape index (κ3) is 3.68. The third-order valence-electron chi connectivity index (χ3n) is 3.28. The van der Waals surface area contributed by atoms with E-state index in [-0.39, 0.29) is 17.8 Å². The molecule has 2 aromatic heterocycles. The van der Waals surface area contributed by atoms with Gasteiger partial charge < -0.3 is 13.8 Å². The highest BCUT2D eigenvalue weighted by molar-refractivity contribution is 5.62. The number of alkyl halides is 3. The fourth-order valence-corrected chi connectivity index (χ4v) is 2.06. The quantitative estimate of drug-likeness (QED) is 0.686. The highest BCUT2D eigenvalue weighted by Gasteiger charge is 2.38. The zero-order chi connectivity index (χ0) is 18.0. The van der Waals surface area contributed by atoms with E-state index < -0.39 is 12.1 Å². The molecule has 0 N–H and O–H groups in total. The van der Waals surface area contributed by atoms with Crippen LogP contribution in [-0.4, -0.2) is 26.9 Å². The number of nitrogens with zero attached hydrogens (tertiary/aromatic N) is 4. The Morgan fingerprint density at radius 1 is 1.04 bits per heavy atom. The Hall–Kier alpha value is -2.75. The minimum atomic E-state index is -4.68. The van der Waals surface area contributed by atoms with Crippen LogP contribution in [-0.2, 0) is 10.9 Å². The highest BCUT2D eigenvalue weighted by Crippen LogP contribution is 2.30. The van der Waals surface area contributed by atoms with Gasteiger partial charge in [0.15, 0.2) is 0 Å². The second-order valence-electron chi connectivity index (χ2n) is 5.05. The lowest BCUT2D eigenvalue weighted by atomic mass is 10.1. The monoisotopic (exact) mass is 354 g/mol. The summed E-state index contributed by atoms with van der Waals surface area (Å²) in [4.78, 5) is 7.57. The minimum Gasteiger partial charge on any atom is -0.371 e. The van der Waals surface area contributed by atoms with E-state index in [4.69, 9.17) is 9.26 Å². The normalized spacial score (nSPS) is 13.2. The van der Waals surface area contributed by atoms with Crippen LogP contribution in [0, 0.1) is 0 Å². The van der Waals surface area contributed by atoms with Crippen LogP contribution in [0.2, 0.25) is 0 Å². The summed E-state index contributed by atoms with van der Waals surface area (Å²) < 4.78 is 52.2. The van der Waals surface area contributed by atoms with E-state index in [1.165, 1.54) is 12.1 Å². The van der Waals surface area contributed by atoms with Gasteiger partial charge in [0.05, 0.1) is 0 Å². The third-order valence-corrected chi connectivity index (χ3v) is 3.28. The molecule has 0 saturated carbocycles. The molecule has 132 valence electrons. The first-order chi connectivity index (χ1) is 11.9. The zero-order valence-electron chi connectivity index (χ0n) is 13.2. The van der Waals surface area contributed by atoms with Gasteiger partial charge in [0.25, 0.3) is 5.89 Å². The van der Waals surface area contributed by atoms with Crippen LogP contribution in [0.4, 0.5) is 13.2 Å². The minimum absolute atomic E-state index is 0.157. The van der Waals surface area contributed by atoms with E-state index in [0.717, 1.165) is 0 Å². The molecule has 3 rings (SSSR count). The molecule has 0 aliphatic carbocycles. The lowest BCUT2D eigenvalue weighted by Gasteiger charge is -2.04. The summed E-state index contributed by atoms with van der Waals surface area (Å²) in [5.74, 6) is -0.862. The van der Waals surface area contributed by atoms with Gasteiger partial charge >= 0.3 is 12.1 Å². The number of hydrogen-bond acceptors (Lipinski definition) is 7. The molecule has 0 radical (unpaired) electrons. The largest absolute Gasteiger partial charge is 0.471 e. The van der Waals surface area contributed by atoms with Crippen LogP contribution in [0.3, 0.4) is 0 Å². The molecular formula is C15H13F3N4O3. The average Bonchev–Trinajstić information content (AvgIpc) is 3.25. The molecule has 1 aromatic carbocycles. The van der Waals surface area contributed by atoms with E-state index in [1.54, 1.807) is 19.1 Å². The maximum atomic E-state index is 12.5. The van der Waals surface area contributed by atoms with E-state index >= 15 is 0 Å². The summed E-state index contributed by atoms with van der Waals surface area (Å²) in [6, 6.07) is 6.30. The number of benzene rings is 1. The lowest BCUT2D eigenvalue weighted by molar-refractivity contribution is -0.159. The SMILES string of the molecule is CCO[C@@H](C)c1noc(-c2ccc(-c3noc(C(F)(F)F)n3)cc2)n1. The predicted octanol–water partition coefficient (Wildman–Crippen LogP) is 3.90. The molecule has 7 nitrogen and oxygen atoms in total. The number of ether oxygens (including phenoxy) is 1. The molecule has 0 saturated heterocycles. The van der Waals surface area contributed by atoms with Crippen LogP contribution in [0.1, 0.15) is 31.7 Å². The van der Waals surface area contributed by atoms with Gasteiger partial charge in [0.1, 0.15) is 6.10 Å². The molecule has 2 heterocycles. The van der Waals surface area contributed by atoms with Gasteiger partial charge in [-0.05, 0) is 26.0 Å². The molecule has 0 aliphatic heterocycles. The summed E-state index contributed by atoms with van der Waals surface area (Å²) in [6.45, 7) is 4.18. The molecule has 0 spiro atoms. The Morgan fingerprint density at radius 3 is 2.32 bits per heavy atom. The van der Waals surface area contributed by atoms with Gasteiger partial charge in [0.2, 0.25) is 11.6 Å². The molecule has 1 atom stereocenters. The summed E-state index contributed by atoms with van der Waals surface area (Å²) in [5, 5.41) is 7.18. The number of halogens is 3. The number of hydrogen-bond donors (Lipinski definition) is 0. The molecule has 10 heteroatoms. The van der Waals surface area contributed by atoms with Crippen molar-refractivity contribution in [3.63, 3.8) is 0 Å². The molecule has 25 heavy (non-hydrogen) atoms. The second-order valence-corrected chi connectivity index (χ2v) is 5.05. The summed E-state index contributed by atoms with van der Waals surface area (Å²) >= 11 is 0. The van der Waals surface area contributed by atoms with Crippen LogP contribution < -0.4 is 0 Å². The van der Waals surface area contributed by atoms with Crippen LogP contribution in [0.25, 0.3) is 22.8 Å².